The van der Waals surface area contributed by atoms with E-state index in [4.69, 9.17) is 5.73 Å². The molecule has 9 nitrogen and oxygen atoms in total. The van der Waals surface area contributed by atoms with Gasteiger partial charge in [0.05, 0.1) is 23.1 Å². The number of alkyl halides is 5. The molecule has 5 rings (SSSR count). The Kier molecular flexibility index (Phi) is 9.98. The number of amides is 3. The molecule has 0 bridgehead atoms. The molecule has 45 heavy (non-hydrogen) atoms. The van der Waals surface area contributed by atoms with Crippen molar-refractivity contribution in [1.29, 1.82) is 0 Å². The molecule has 2 aliphatic heterocycles. The van der Waals surface area contributed by atoms with Gasteiger partial charge in [-0.25, -0.2) is 13.5 Å². The maximum absolute atomic E-state index is 15.7. The van der Waals surface area contributed by atoms with Gasteiger partial charge in [0.2, 0.25) is 11.8 Å². The lowest BCUT2D eigenvalue weighted by molar-refractivity contribution is -0.143. The molecule has 2 aromatic carbocycles. The summed E-state index contributed by atoms with van der Waals surface area (Å²) in [6.07, 6.45) is -4.13. The first kappa shape index (κ1) is 33.6. The Morgan fingerprint density at radius 1 is 0.933 bits per heavy atom. The third kappa shape index (κ3) is 7.17. The minimum atomic E-state index is -4.99. The van der Waals surface area contributed by atoms with Crippen molar-refractivity contribution in [2.24, 2.45) is 5.73 Å². The van der Waals surface area contributed by atoms with E-state index in [1.807, 2.05) is 4.90 Å². The third-order valence-electron chi connectivity index (χ3n) is 7.67. The van der Waals surface area contributed by atoms with E-state index < -0.39 is 59.6 Å². The molecule has 0 radical (unpaired) electrons. The van der Waals surface area contributed by atoms with Crippen LogP contribution in [0.25, 0.3) is 11.3 Å². The van der Waals surface area contributed by atoms with E-state index in [9.17, 15) is 27.6 Å². The summed E-state index contributed by atoms with van der Waals surface area (Å²) >= 11 is 0. The molecule has 240 valence electrons. The van der Waals surface area contributed by atoms with Crippen LogP contribution in [-0.2, 0) is 15.8 Å². The maximum atomic E-state index is 15.7. The van der Waals surface area contributed by atoms with Crippen molar-refractivity contribution in [2.45, 2.75) is 24.9 Å². The van der Waals surface area contributed by atoms with Crippen LogP contribution in [0.1, 0.15) is 34.5 Å². The molecule has 0 aliphatic carbocycles. The predicted molar refractivity (Wildman–Crippen MR) is 158 cm³/mol. The molecular formula is C30H30ClF5N6O3. The number of carbonyl (C=O) groups excluding carboxylic acids is 3. The van der Waals surface area contributed by atoms with E-state index in [1.165, 1.54) is 53.4 Å². The minimum Gasteiger partial charge on any atom is -0.370 e. The quantitative estimate of drug-likeness (QED) is 0.314. The van der Waals surface area contributed by atoms with Gasteiger partial charge in [-0.2, -0.15) is 18.3 Å². The van der Waals surface area contributed by atoms with Crippen LogP contribution in [0.5, 0.6) is 0 Å². The van der Waals surface area contributed by atoms with E-state index in [-0.39, 0.29) is 48.9 Å². The number of allylic oxidation sites excluding steroid dienone is 1. The second-order valence-corrected chi connectivity index (χ2v) is 10.5. The van der Waals surface area contributed by atoms with E-state index >= 15 is 8.78 Å². The van der Waals surface area contributed by atoms with Crippen molar-refractivity contribution in [2.75, 3.05) is 44.2 Å². The first-order chi connectivity index (χ1) is 20.9. The smallest absolute Gasteiger partial charge is 0.370 e. The number of nitrogens with zero attached hydrogens (tertiary/aromatic N) is 5. The molecule has 1 fully saturated rings. The number of rotatable bonds is 6. The molecule has 3 aromatic rings. The number of hydrogen-bond donors (Lipinski definition) is 1. The van der Waals surface area contributed by atoms with Gasteiger partial charge in [0.15, 0.2) is 5.69 Å². The van der Waals surface area contributed by atoms with Gasteiger partial charge < -0.3 is 15.5 Å². The highest BCUT2D eigenvalue weighted by molar-refractivity contribution is 6.09. The molecule has 2 aliphatic rings. The summed E-state index contributed by atoms with van der Waals surface area (Å²) in [5.74, 6) is -5.84. The topological polar surface area (TPSA) is 105 Å². The second-order valence-electron chi connectivity index (χ2n) is 10.5. The Morgan fingerprint density at radius 2 is 1.58 bits per heavy atom. The van der Waals surface area contributed by atoms with Crippen LogP contribution >= 0.6 is 12.4 Å². The highest BCUT2D eigenvalue weighted by atomic mass is 35.5. The molecule has 0 atom stereocenters. The zero-order chi connectivity index (χ0) is 31.6. The number of primary amides is 1. The van der Waals surface area contributed by atoms with Crippen molar-refractivity contribution >= 4 is 41.4 Å². The van der Waals surface area contributed by atoms with Crippen molar-refractivity contribution in [3.8, 4) is 5.69 Å². The summed E-state index contributed by atoms with van der Waals surface area (Å²) in [5, 5.41) is 3.82. The molecule has 0 unspecified atom stereocenters. The van der Waals surface area contributed by atoms with Gasteiger partial charge in [-0.3, -0.25) is 19.3 Å². The Morgan fingerprint density at radius 3 is 2.22 bits per heavy atom. The number of carbonyl (C=O) groups is 3. The van der Waals surface area contributed by atoms with Gasteiger partial charge in [0, 0.05) is 69.3 Å². The molecule has 3 heterocycles. The van der Waals surface area contributed by atoms with Crippen LogP contribution in [0.15, 0.2) is 66.9 Å². The fraction of sp³-hybridized carbons (Fsp3) is 0.333. The van der Waals surface area contributed by atoms with Crippen molar-refractivity contribution in [3.63, 3.8) is 0 Å². The van der Waals surface area contributed by atoms with E-state index in [0.29, 0.717) is 24.3 Å². The van der Waals surface area contributed by atoms with Crippen molar-refractivity contribution in [1.82, 2.24) is 19.6 Å². The van der Waals surface area contributed by atoms with Crippen molar-refractivity contribution in [3.05, 3.63) is 83.7 Å². The van der Waals surface area contributed by atoms with Crippen LogP contribution in [0.4, 0.5) is 27.6 Å². The van der Waals surface area contributed by atoms with E-state index in [1.54, 1.807) is 6.07 Å². The standard InChI is InChI=1S/C30H29F5N6O3.ClH/c31-29(32)11-13-40(28(44)22-19-37-41(27(22)30(33,34)35)20-6-2-1-3-7-20)24-9-5-4-8-21(24)23(29)18-26(43)39-16-14-38(15-17-39)12-10-25(36)42;/h1-9,18-19H,10-17H2,(H2,36,42);1H/b23-18-;. The molecule has 1 saturated heterocycles. The fourth-order valence-corrected chi connectivity index (χ4v) is 5.40. The normalized spacial score (nSPS) is 17.8. The van der Waals surface area contributed by atoms with Crippen LogP contribution in [0.2, 0.25) is 0 Å². The molecule has 3 amide bonds. The molecular weight excluding hydrogens is 623 g/mol. The van der Waals surface area contributed by atoms with Gasteiger partial charge in [0.1, 0.15) is 0 Å². The number of para-hydroxylation sites is 2. The zero-order valence-electron chi connectivity index (χ0n) is 23.8. The number of fused-ring (bicyclic) bond motifs is 1. The Balaban J connectivity index is 0.00000461. The highest BCUT2D eigenvalue weighted by Gasteiger charge is 2.45. The molecule has 1 aromatic heterocycles. The third-order valence-corrected chi connectivity index (χ3v) is 7.67. The number of hydrogen-bond acceptors (Lipinski definition) is 5. The largest absolute Gasteiger partial charge is 0.434 e. The van der Waals surface area contributed by atoms with Gasteiger partial charge >= 0.3 is 6.18 Å². The SMILES string of the molecule is Cl.NC(=O)CCN1CCN(C(=O)/C=C2/c3ccccc3N(C(=O)c3cnn(-c4ccccc4)c3C(F)(F)F)CCC2(F)F)CC1. The van der Waals surface area contributed by atoms with Crippen molar-refractivity contribution < 1.29 is 36.3 Å². The Labute approximate surface area is 261 Å². The average Bonchev–Trinajstić information content (AvgIpc) is 3.42. The molecule has 0 saturated carbocycles. The number of halogens is 6. The first-order valence-electron chi connectivity index (χ1n) is 13.9. The maximum Gasteiger partial charge on any atom is 0.434 e. The summed E-state index contributed by atoms with van der Waals surface area (Å²) < 4.78 is 74.9. The molecule has 2 N–H and O–H groups in total. The lowest BCUT2D eigenvalue weighted by atomic mass is 9.96. The number of benzene rings is 2. The summed E-state index contributed by atoms with van der Waals surface area (Å²) in [5.41, 5.74) is 2.32. The predicted octanol–water partition coefficient (Wildman–Crippen LogP) is 4.40. The van der Waals surface area contributed by atoms with Crippen LogP contribution in [-0.4, -0.2) is 82.5 Å². The van der Waals surface area contributed by atoms with Crippen LogP contribution in [0, 0.1) is 0 Å². The Bertz CT molecular complexity index is 1590. The van der Waals surface area contributed by atoms with E-state index in [0.717, 1.165) is 17.2 Å². The fourth-order valence-electron chi connectivity index (χ4n) is 5.40. The van der Waals surface area contributed by atoms with Crippen LogP contribution < -0.4 is 10.6 Å². The summed E-state index contributed by atoms with van der Waals surface area (Å²) in [7, 11) is 0. The van der Waals surface area contributed by atoms with Gasteiger partial charge in [-0.1, -0.05) is 36.4 Å². The second kappa shape index (κ2) is 13.4. The summed E-state index contributed by atoms with van der Waals surface area (Å²) in [4.78, 5) is 42.2. The molecule has 15 heteroatoms. The summed E-state index contributed by atoms with van der Waals surface area (Å²) in [6, 6.07) is 13.0. The number of aromatic nitrogens is 2. The number of piperazine rings is 1. The Hall–Kier alpha value is -4.30. The first-order valence-corrected chi connectivity index (χ1v) is 13.9. The number of anilines is 1. The van der Waals surface area contributed by atoms with Gasteiger partial charge in [0.25, 0.3) is 11.8 Å². The highest BCUT2D eigenvalue weighted by Crippen LogP contribution is 2.44. The lowest BCUT2D eigenvalue weighted by Crippen LogP contribution is -2.49. The zero-order valence-corrected chi connectivity index (χ0v) is 24.7. The van der Waals surface area contributed by atoms with Gasteiger partial charge in [-0.05, 0) is 18.2 Å². The number of nitrogens with two attached hydrogens (primary N) is 1. The van der Waals surface area contributed by atoms with Gasteiger partial charge in [-0.15, -0.1) is 12.4 Å². The van der Waals surface area contributed by atoms with Crippen LogP contribution in [0.3, 0.4) is 0 Å². The van der Waals surface area contributed by atoms with E-state index in [2.05, 4.69) is 5.10 Å². The average molecular weight is 653 g/mol. The lowest BCUT2D eigenvalue weighted by Gasteiger charge is -2.34. The minimum absolute atomic E-state index is 0. The summed E-state index contributed by atoms with van der Waals surface area (Å²) in [6.45, 7) is 1.15. The molecule has 0 spiro atoms. The monoisotopic (exact) mass is 652 g/mol.